The Morgan fingerprint density at radius 3 is 3.00 bits per heavy atom. The molecule has 106 valence electrons. The van der Waals surface area contributed by atoms with E-state index in [-0.39, 0.29) is 5.97 Å². The monoisotopic (exact) mass is 289 g/mol. The quantitative estimate of drug-likeness (QED) is 0.764. The summed E-state index contributed by atoms with van der Waals surface area (Å²) in [6, 6.07) is 8.46. The molecule has 0 unspecified atom stereocenters. The Labute approximate surface area is 123 Å². The fraction of sp³-hybridized carbons (Fsp3) is 0.375. The second-order valence-electron chi connectivity index (χ2n) is 4.70. The van der Waals surface area contributed by atoms with E-state index in [9.17, 15) is 4.79 Å². The van der Waals surface area contributed by atoms with Crippen LogP contribution < -0.4 is 0 Å². The molecule has 0 saturated heterocycles. The number of carbonyl (C=O) groups is 1. The van der Waals surface area contributed by atoms with Crippen molar-refractivity contribution in [1.29, 1.82) is 0 Å². The maximum absolute atomic E-state index is 11.3. The standard InChI is InChI=1S/C16H19NO2S/c1-3-19-16(18)8-7-14-11-20-15(17-14)10-13-6-4-5-12(2)9-13/h4-6,9,11H,3,7-8,10H2,1-2H3. The van der Waals surface area contributed by atoms with Gasteiger partial charge < -0.3 is 4.74 Å². The van der Waals surface area contributed by atoms with E-state index in [0.29, 0.717) is 19.4 Å². The van der Waals surface area contributed by atoms with Crippen molar-refractivity contribution in [2.45, 2.75) is 33.1 Å². The average molecular weight is 289 g/mol. The fourth-order valence-corrected chi connectivity index (χ4v) is 2.87. The molecule has 0 spiro atoms. The number of rotatable bonds is 6. The van der Waals surface area contributed by atoms with Gasteiger partial charge in [0.2, 0.25) is 0 Å². The molecule has 20 heavy (non-hydrogen) atoms. The highest BCUT2D eigenvalue weighted by atomic mass is 32.1. The summed E-state index contributed by atoms with van der Waals surface area (Å²) in [5.74, 6) is -0.152. The molecule has 1 aromatic heterocycles. The van der Waals surface area contributed by atoms with Crippen molar-refractivity contribution in [2.24, 2.45) is 0 Å². The van der Waals surface area contributed by atoms with Gasteiger partial charge in [-0.3, -0.25) is 4.79 Å². The lowest BCUT2D eigenvalue weighted by atomic mass is 10.1. The Kier molecular flexibility index (Phi) is 5.30. The van der Waals surface area contributed by atoms with Crippen LogP contribution in [0.2, 0.25) is 0 Å². The van der Waals surface area contributed by atoms with Crippen molar-refractivity contribution in [3.63, 3.8) is 0 Å². The number of ether oxygens (including phenoxy) is 1. The van der Waals surface area contributed by atoms with Gasteiger partial charge in [-0.15, -0.1) is 11.3 Å². The Hall–Kier alpha value is -1.68. The molecule has 0 N–H and O–H groups in total. The molecule has 0 amide bonds. The third-order valence-electron chi connectivity index (χ3n) is 2.93. The Bertz CT molecular complexity index is 577. The van der Waals surface area contributed by atoms with E-state index in [1.165, 1.54) is 11.1 Å². The molecule has 0 radical (unpaired) electrons. The first kappa shape index (κ1) is 14.7. The maximum Gasteiger partial charge on any atom is 0.306 e. The van der Waals surface area contributed by atoms with E-state index >= 15 is 0 Å². The average Bonchev–Trinajstić information content (AvgIpc) is 2.84. The summed E-state index contributed by atoms with van der Waals surface area (Å²) in [5.41, 5.74) is 3.52. The molecule has 2 aromatic rings. The second kappa shape index (κ2) is 7.20. The number of esters is 1. The summed E-state index contributed by atoms with van der Waals surface area (Å²) in [5, 5.41) is 3.12. The van der Waals surface area contributed by atoms with Crippen molar-refractivity contribution in [2.75, 3.05) is 6.61 Å². The predicted molar refractivity (Wildman–Crippen MR) is 81.1 cm³/mol. The lowest BCUT2D eigenvalue weighted by molar-refractivity contribution is -0.143. The summed E-state index contributed by atoms with van der Waals surface area (Å²) in [6.07, 6.45) is 1.91. The van der Waals surface area contributed by atoms with Gasteiger partial charge in [-0.2, -0.15) is 0 Å². The van der Waals surface area contributed by atoms with Crippen LogP contribution in [0.5, 0.6) is 0 Å². The zero-order valence-electron chi connectivity index (χ0n) is 11.9. The number of thiazole rings is 1. The van der Waals surface area contributed by atoms with Crippen LogP contribution in [0.15, 0.2) is 29.6 Å². The number of nitrogens with zero attached hydrogens (tertiary/aromatic N) is 1. The largest absolute Gasteiger partial charge is 0.466 e. The first-order chi connectivity index (χ1) is 9.67. The molecule has 2 rings (SSSR count). The van der Waals surface area contributed by atoms with Crippen LogP contribution in [0.25, 0.3) is 0 Å². The molecule has 4 heteroatoms. The molecule has 1 heterocycles. The van der Waals surface area contributed by atoms with Crippen LogP contribution in [0.4, 0.5) is 0 Å². The molecular formula is C16H19NO2S. The molecule has 0 fully saturated rings. The minimum atomic E-state index is -0.152. The highest BCUT2D eigenvalue weighted by Crippen LogP contribution is 2.16. The van der Waals surface area contributed by atoms with Gasteiger partial charge in [-0.1, -0.05) is 29.8 Å². The van der Waals surface area contributed by atoms with Crippen molar-refractivity contribution < 1.29 is 9.53 Å². The molecule has 0 saturated carbocycles. The molecule has 0 bridgehead atoms. The van der Waals surface area contributed by atoms with E-state index in [4.69, 9.17) is 4.74 Å². The number of hydrogen-bond donors (Lipinski definition) is 0. The molecule has 1 aromatic carbocycles. The van der Waals surface area contributed by atoms with Gasteiger partial charge in [0.1, 0.15) is 0 Å². The Morgan fingerprint density at radius 2 is 2.25 bits per heavy atom. The van der Waals surface area contributed by atoms with Crippen LogP contribution in [-0.4, -0.2) is 17.6 Å². The van der Waals surface area contributed by atoms with Crippen LogP contribution >= 0.6 is 11.3 Å². The number of hydrogen-bond acceptors (Lipinski definition) is 4. The highest BCUT2D eigenvalue weighted by Gasteiger charge is 2.07. The van der Waals surface area contributed by atoms with E-state index < -0.39 is 0 Å². The predicted octanol–water partition coefficient (Wildman–Crippen LogP) is 3.54. The fourth-order valence-electron chi connectivity index (χ4n) is 2.00. The first-order valence-electron chi connectivity index (χ1n) is 6.82. The van der Waals surface area contributed by atoms with Crippen molar-refractivity contribution in [3.05, 3.63) is 51.5 Å². The van der Waals surface area contributed by atoms with Gasteiger partial charge in [-0.05, 0) is 19.4 Å². The van der Waals surface area contributed by atoms with E-state index in [1.807, 2.05) is 12.3 Å². The van der Waals surface area contributed by atoms with Gasteiger partial charge in [0, 0.05) is 18.2 Å². The van der Waals surface area contributed by atoms with E-state index in [2.05, 4.69) is 36.2 Å². The van der Waals surface area contributed by atoms with Crippen LogP contribution in [0.3, 0.4) is 0 Å². The van der Waals surface area contributed by atoms with Gasteiger partial charge in [-0.25, -0.2) is 4.98 Å². The third kappa shape index (κ3) is 4.46. The Balaban J connectivity index is 1.90. The number of aryl methyl sites for hydroxylation is 2. The zero-order valence-corrected chi connectivity index (χ0v) is 12.7. The third-order valence-corrected chi connectivity index (χ3v) is 3.83. The summed E-state index contributed by atoms with van der Waals surface area (Å²) in [4.78, 5) is 15.9. The van der Waals surface area contributed by atoms with Crippen molar-refractivity contribution >= 4 is 17.3 Å². The number of aromatic nitrogens is 1. The summed E-state index contributed by atoms with van der Waals surface area (Å²) in [6.45, 7) is 4.35. The van der Waals surface area contributed by atoms with E-state index in [0.717, 1.165) is 17.1 Å². The molecule has 0 atom stereocenters. The minimum absolute atomic E-state index is 0.152. The van der Waals surface area contributed by atoms with Crippen LogP contribution in [0.1, 0.15) is 35.2 Å². The first-order valence-corrected chi connectivity index (χ1v) is 7.69. The van der Waals surface area contributed by atoms with E-state index in [1.54, 1.807) is 11.3 Å². The summed E-state index contributed by atoms with van der Waals surface area (Å²) in [7, 11) is 0. The smallest absolute Gasteiger partial charge is 0.306 e. The molecule has 0 aliphatic heterocycles. The maximum atomic E-state index is 11.3. The van der Waals surface area contributed by atoms with Crippen molar-refractivity contribution in [3.8, 4) is 0 Å². The molecule has 0 aliphatic carbocycles. The Morgan fingerprint density at radius 1 is 1.40 bits per heavy atom. The summed E-state index contributed by atoms with van der Waals surface area (Å²) >= 11 is 1.65. The lowest BCUT2D eigenvalue weighted by Crippen LogP contribution is -2.05. The number of carbonyl (C=O) groups excluding carboxylic acids is 1. The van der Waals surface area contributed by atoms with Gasteiger partial charge >= 0.3 is 5.97 Å². The molecular weight excluding hydrogens is 270 g/mol. The highest BCUT2D eigenvalue weighted by molar-refractivity contribution is 7.09. The number of benzene rings is 1. The lowest BCUT2D eigenvalue weighted by Gasteiger charge is -2.00. The van der Waals surface area contributed by atoms with Crippen molar-refractivity contribution in [1.82, 2.24) is 4.98 Å². The summed E-state index contributed by atoms with van der Waals surface area (Å²) < 4.78 is 4.92. The van der Waals surface area contributed by atoms with Gasteiger partial charge in [0.15, 0.2) is 0 Å². The van der Waals surface area contributed by atoms with Crippen LogP contribution in [0, 0.1) is 6.92 Å². The van der Waals surface area contributed by atoms with Gasteiger partial charge in [0.05, 0.1) is 23.7 Å². The minimum Gasteiger partial charge on any atom is -0.466 e. The SMILES string of the molecule is CCOC(=O)CCc1csc(Cc2cccc(C)c2)n1. The van der Waals surface area contributed by atoms with Gasteiger partial charge in [0.25, 0.3) is 0 Å². The topological polar surface area (TPSA) is 39.2 Å². The molecule has 0 aliphatic rings. The second-order valence-corrected chi connectivity index (χ2v) is 5.65. The van der Waals surface area contributed by atoms with Crippen LogP contribution in [-0.2, 0) is 22.4 Å². The molecule has 3 nitrogen and oxygen atoms in total. The normalized spacial score (nSPS) is 10.5. The zero-order chi connectivity index (χ0) is 14.4.